The van der Waals surface area contributed by atoms with E-state index in [0.717, 1.165) is 25.7 Å². The average molecular weight is 309 g/mol. The van der Waals surface area contributed by atoms with Crippen molar-refractivity contribution in [1.29, 1.82) is 0 Å². The minimum Gasteiger partial charge on any atom is -0.448 e. The Balaban J connectivity index is 1.80. The molecule has 2 amide bonds. The number of hydrogen-bond acceptors (Lipinski definition) is 5. The van der Waals surface area contributed by atoms with Crippen LogP contribution in [-0.2, 0) is 19.1 Å². The van der Waals surface area contributed by atoms with Crippen molar-refractivity contribution < 1.29 is 19.1 Å². The monoisotopic (exact) mass is 309 g/mol. The number of nitrogens with zero attached hydrogens (tertiary/aromatic N) is 1. The highest BCUT2D eigenvalue weighted by Crippen LogP contribution is 2.17. The van der Waals surface area contributed by atoms with E-state index in [4.69, 9.17) is 4.74 Å². The smallest absolute Gasteiger partial charge is 0.355 e. The minimum absolute atomic E-state index is 0.147. The van der Waals surface area contributed by atoms with E-state index in [1.165, 1.54) is 12.8 Å². The van der Waals surface area contributed by atoms with Gasteiger partial charge >= 0.3 is 5.97 Å². The zero-order valence-corrected chi connectivity index (χ0v) is 12.9. The van der Waals surface area contributed by atoms with Gasteiger partial charge in [-0.25, -0.2) is 10.2 Å². The number of ether oxygens (including phenoxy) is 1. The van der Waals surface area contributed by atoms with E-state index in [2.05, 4.69) is 15.8 Å². The molecule has 2 N–H and O–H groups in total. The number of hydrazone groups is 1. The molecule has 0 saturated heterocycles. The molecule has 0 aromatic rings. The van der Waals surface area contributed by atoms with Gasteiger partial charge in [0.1, 0.15) is 5.71 Å². The predicted octanol–water partition coefficient (Wildman–Crippen LogP) is 1.02. The third-order valence-corrected chi connectivity index (χ3v) is 3.99. The maximum atomic E-state index is 12.1. The van der Waals surface area contributed by atoms with Crippen molar-refractivity contribution in [2.24, 2.45) is 5.10 Å². The van der Waals surface area contributed by atoms with Gasteiger partial charge in [0.25, 0.3) is 5.91 Å². The molecule has 1 atom stereocenters. The summed E-state index contributed by atoms with van der Waals surface area (Å²) in [4.78, 5) is 35.0. The van der Waals surface area contributed by atoms with Crippen LogP contribution in [0.15, 0.2) is 5.10 Å². The molecule has 7 heteroatoms. The van der Waals surface area contributed by atoms with Crippen LogP contribution in [-0.4, -0.2) is 35.6 Å². The van der Waals surface area contributed by atoms with Crippen LogP contribution in [0, 0.1) is 0 Å². The Bertz CT molecular complexity index is 467. The molecule has 2 aliphatic rings. The summed E-state index contributed by atoms with van der Waals surface area (Å²) in [5.74, 6) is -1.15. The van der Waals surface area contributed by atoms with Gasteiger partial charge in [0.2, 0.25) is 5.91 Å². The van der Waals surface area contributed by atoms with Crippen molar-refractivity contribution in [1.82, 2.24) is 10.7 Å². The standard InChI is InChI=1S/C15H23N3O4/c1-10(14(20)16-11-6-4-2-3-5-7-11)22-15(21)12-8-9-13(19)18-17-12/h10-11H,2-9H2,1H3,(H,16,20)(H,18,19)/t10-/m1/s1. The van der Waals surface area contributed by atoms with Gasteiger partial charge in [0.15, 0.2) is 6.10 Å². The molecule has 0 radical (unpaired) electrons. The van der Waals surface area contributed by atoms with E-state index in [1.54, 1.807) is 6.92 Å². The second kappa shape index (κ2) is 7.91. The first-order chi connectivity index (χ1) is 10.6. The van der Waals surface area contributed by atoms with Crippen molar-refractivity contribution in [3.8, 4) is 0 Å². The fourth-order valence-electron chi connectivity index (χ4n) is 2.65. The SMILES string of the molecule is C[C@@H](OC(=O)C1=NNC(=O)CC1)C(=O)NC1CCCCCC1. The zero-order chi connectivity index (χ0) is 15.9. The molecule has 122 valence electrons. The lowest BCUT2D eigenvalue weighted by molar-refractivity contribution is -0.149. The molecule has 1 saturated carbocycles. The lowest BCUT2D eigenvalue weighted by Gasteiger charge is -2.20. The molecule has 0 spiro atoms. The Morgan fingerprint density at radius 2 is 1.91 bits per heavy atom. The normalized spacial score (nSPS) is 21.1. The molecule has 0 unspecified atom stereocenters. The number of hydrogen-bond donors (Lipinski definition) is 2. The molecule has 22 heavy (non-hydrogen) atoms. The molecule has 1 aliphatic heterocycles. The zero-order valence-electron chi connectivity index (χ0n) is 12.9. The molecule has 1 heterocycles. The number of nitrogens with one attached hydrogen (secondary N) is 2. The van der Waals surface area contributed by atoms with Gasteiger partial charge in [0.05, 0.1) is 0 Å². The predicted molar refractivity (Wildman–Crippen MR) is 80.0 cm³/mol. The van der Waals surface area contributed by atoms with Crippen LogP contribution in [0.3, 0.4) is 0 Å². The van der Waals surface area contributed by atoms with Crippen LogP contribution in [0.25, 0.3) is 0 Å². The van der Waals surface area contributed by atoms with Gasteiger partial charge in [-0.2, -0.15) is 5.10 Å². The number of carbonyl (C=O) groups is 3. The van der Waals surface area contributed by atoms with Crippen molar-refractivity contribution in [3.05, 3.63) is 0 Å². The summed E-state index contributed by atoms with van der Waals surface area (Å²) >= 11 is 0. The van der Waals surface area contributed by atoms with E-state index in [9.17, 15) is 14.4 Å². The number of rotatable bonds is 4. The quantitative estimate of drug-likeness (QED) is 0.598. The van der Waals surface area contributed by atoms with Crippen molar-refractivity contribution >= 4 is 23.5 Å². The molecule has 0 bridgehead atoms. The van der Waals surface area contributed by atoms with E-state index >= 15 is 0 Å². The third kappa shape index (κ3) is 4.82. The summed E-state index contributed by atoms with van der Waals surface area (Å²) in [5, 5.41) is 6.61. The first kappa shape index (κ1) is 16.5. The second-order valence-corrected chi connectivity index (χ2v) is 5.84. The van der Waals surface area contributed by atoms with Crippen LogP contribution in [0.2, 0.25) is 0 Å². The van der Waals surface area contributed by atoms with Crippen molar-refractivity contribution in [3.63, 3.8) is 0 Å². The van der Waals surface area contributed by atoms with Gasteiger partial charge in [-0.3, -0.25) is 9.59 Å². The lowest BCUT2D eigenvalue weighted by Crippen LogP contribution is -2.43. The Labute approximate surface area is 129 Å². The first-order valence-corrected chi connectivity index (χ1v) is 7.93. The van der Waals surface area contributed by atoms with Crippen LogP contribution >= 0.6 is 0 Å². The van der Waals surface area contributed by atoms with Gasteiger partial charge in [0, 0.05) is 18.9 Å². The number of carbonyl (C=O) groups excluding carboxylic acids is 3. The maximum absolute atomic E-state index is 12.1. The summed E-state index contributed by atoms with van der Waals surface area (Å²) in [5.41, 5.74) is 2.38. The number of esters is 1. The van der Waals surface area contributed by atoms with Crippen LogP contribution < -0.4 is 10.7 Å². The Morgan fingerprint density at radius 3 is 2.50 bits per heavy atom. The summed E-state index contributed by atoms with van der Waals surface area (Å²) in [7, 11) is 0. The largest absolute Gasteiger partial charge is 0.448 e. The van der Waals surface area contributed by atoms with Crippen molar-refractivity contribution in [2.45, 2.75) is 70.4 Å². The Kier molecular flexibility index (Phi) is 5.91. The van der Waals surface area contributed by atoms with Crippen LogP contribution in [0.1, 0.15) is 58.3 Å². The Hall–Kier alpha value is -1.92. The molecule has 7 nitrogen and oxygen atoms in total. The van der Waals surface area contributed by atoms with Crippen LogP contribution in [0.5, 0.6) is 0 Å². The molecule has 0 aromatic heterocycles. The molecule has 1 fully saturated rings. The maximum Gasteiger partial charge on any atom is 0.355 e. The summed E-state index contributed by atoms with van der Waals surface area (Å²) < 4.78 is 5.13. The first-order valence-electron chi connectivity index (χ1n) is 7.93. The highest BCUT2D eigenvalue weighted by molar-refractivity contribution is 6.37. The molecule has 1 aliphatic carbocycles. The average Bonchev–Trinajstić information content (AvgIpc) is 2.76. The molecule has 2 rings (SSSR count). The topological polar surface area (TPSA) is 96.9 Å². The summed E-state index contributed by atoms with van der Waals surface area (Å²) in [6, 6.07) is 0.169. The fourth-order valence-corrected chi connectivity index (χ4v) is 2.65. The summed E-state index contributed by atoms with van der Waals surface area (Å²) in [6.07, 6.45) is 6.20. The fraction of sp³-hybridized carbons (Fsp3) is 0.733. The van der Waals surface area contributed by atoms with E-state index in [0.29, 0.717) is 0 Å². The van der Waals surface area contributed by atoms with Gasteiger partial charge in [-0.05, 0) is 19.8 Å². The highest BCUT2D eigenvalue weighted by Gasteiger charge is 2.25. The molecule has 0 aromatic carbocycles. The lowest BCUT2D eigenvalue weighted by atomic mass is 10.1. The Morgan fingerprint density at radius 1 is 1.23 bits per heavy atom. The van der Waals surface area contributed by atoms with Gasteiger partial charge < -0.3 is 10.1 Å². The van der Waals surface area contributed by atoms with E-state index < -0.39 is 12.1 Å². The van der Waals surface area contributed by atoms with Gasteiger partial charge in [-0.1, -0.05) is 25.7 Å². The number of amides is 2. The van der Waals surface area contributed by atoms with Crippen molar-refractivity contribution in [2.75, 3.05) is 0 Å². The van der Waals surface area contributed by atoms with Gasteiger partial charge in [-0.15, -0.1) is 0 Å². The van der Waals surface area contributed by atoms with E-state index in [1.807, 2.05) is 0 Å². The summed E-state index contributed by atoms with van der Waals surface area (Å²) in [6.45, 7) is 1.55. The second-order valence-electron chi connectivity index (χ2n) is 5.84. The molecular weight excluding hydrogens is 286 g/mol. The third-order valence-electron chi connectivity index (χ3n) is 3.99. The highest BCUT2D eigenvalue weighted by atomic mass is 16.5. The van der Waals surface area contributed by atoms with E-state index in [-0.39, 0.29) is 36.4 Å². The molecular formula is C15H23N3O4. The van der Waals surface area contributed by atoms with Crippen LogP contribution in [0.4, 0.5) is 0 Å². The minimum atomic E-state index is -0.865.